The van der Waals surface area contributed by atoms with E-state index in [1.54, 1.807) is 32.5 Å². The van der Waals surface area contributed by atoms with Crippen molar-refractivity contribution in [1.29, 1.82) is 0 Å². The van der Waals surface area contributed by atoms with Crippen molar-refractivity contribution in [1.82, 2.24) is 4.57 Å². The van der Waals surface area contributed by atoms with Crippen molar-refractivity contribution in [3.8, 4) is 11.5 Å². The second-order valence-electron chi connectivity index (χ2n) is 3.89. The SMILES string of the molecule is COc1cc2c(=O)ccn(CCN)c2cc1OC. The summed E-state index contributed by atoms with van der Waals surface area (Å²) in [6.45, 7) is 1.15. The van der Waals surface area contributed by atoms with Gasteiger partial charge in [-0.2, -0.15) is 0 Å². The van der Waals surface area contributed by atoms with Gasteiger partial charge in [0.15, 0.2) is 16.9 Å². The first-order chi connectivity index (χ1) is 8.71. The first-order valence-electron chi connectivity index (χ1n) is 5.66. The van der Waals surface area contributed by atoms with Crippen LogP contribution >= 0.6 is 0 Å². The smallest absolute Gasteiger partial charge is 0.189 e. The quantitative estimate of drug-likeness (QED) is 0.875. The topological polar surface area (TPSA) is 66.5 Å². The highest BCUT2D eigenvalue weighted by atomic mass is 16.5. The molecule has 0 bridgehead atoms. The monoisotopic (exact) mass is 248 g/mol. The molecule has 0 unspecified atom stereocenters. The summed E-state index contributed by atoms with van der Waals surface area (Å²) in [6, 6.07) is 5.03. The van der Waals surface area contributed by atoms with Crippen molar-refractivity contribution in [2.24, 2.45) is 5.73 Å². The van der Waals surface area contributed by atoms with E-state index >= 15 is 0 Å². The van der Waals surface area contributed by atoms with E-state index in [0.717, 1.165) is 5.52 Å². The first-order valence-corrected chi connectivity index (χ1v) is 5.66. The zero-order chi connectivity index (χ0) is 13.1. The maximum atomic E-state index is 11.9. The van der Waals surface area contributed by atoms with Gasteiger partial charge in [-0.15, -0.1) is 0 Å². The molecule has 0 saturated carbocycles. The van der Waals surface area contributed by atoms with Crippen molar-refractivity contribution in [2.45, 2.75) is 6.54 Å². The molecule has 1 aromatic carbocycles. The summed E-state index contributed by atoms with van der Waals surface area (Å²) in [7, 11) is 3.11. The molecule has 0 aliphatic rings. The fraction of sp³-hybridized carbons (Fsp3) is 0.308. The van der Waals surface area contributed by atoms with E-state index in [4.69, 9.17) is 15.2 Å². The van der Waals surface area contributed by atoms with E-state index in [1.807, 2.05) is 4.57 Å². The van der Waals surface area contributed by atoms with Gasteiger partial charge in [-0.1, -0.05) is 0 Å². The van der Waals surface area contributed by atoms with Gasteiger partial charge in [0.05, 0.1) is 19.7 Å². The highest BCUT2D eigenvalue weighted by Crippen LogP contribution is 2.30. The second-order valence-corrected chi connectivity index (χ2v) is 3.89. The Balaban J connectivity index is 2.77. The number of rotatable bonds is 4. The Hall–Kier alpha value is -2.01. The molecule has 1 aromatic heterocycles. The summed E-state index contributed by atoms with van der Waals surface area (Å²) >= 11 is 0. The Bertz CT molecular complexity index is 619. The Labute approximate surface area is 105 Å². The Morgan fingerprint density at radius 1 is 1.22 bits per heavy atom. The summed E-state index contributed by atoms with van der Waals surface area (Å²) in [5.74, 6) is 1.15. The van der Waals surface area contributed by atoms with Crippen molar-refractivity contribution in [2.75, 3.05) is 20.8 Å². The van der Waals surface area contributed by atoms with Crippen LogP contribution in [-0.4, -0.2) is 25.3 Å². The van der Waals surface area contributed by atoms with Gasteiger partial charge in [0.25, 0.3) is 0 Å². The average Bonchev–Trinajstić information content (AvgIpc) is 2.41. The summed E-state index contributed by atoms with van der Waals surface area (Å²) in [5.41, 5.74) is 6.32. The lowest BCUT2D eigenvalue weighted by Crippen LogP contribution is -2.14. The molecule has 5 heteroatoms. The van der Waals surface area contributed by atoms with Crippen LogP contribution in [0.2, 0.25) is 0 Å². The highest BCUT2D eigenvalue weighted by molar-refractivity contribution is 5.83. The molecule has 0 amide bonds. The molecule has 1 heterocycles. The van der Waals surface area contributed by atoms with Crippen molar-refractivity contribution in [3.63, 3.8) is 0 Å². The van der Waals surface area contributed by atoms with E-state index in [2.05, 4.69) is 0 Å². The van der Waals surface area contributed by atoms with E-state index < -0.39 is 0 Å². The van der Waals surface area contributed by atoms with Gasteiger partial charge in [0.1, 0.15) is 0 Å². The van der Waals surface area contributed by atoms with Gasteiger partial charge in [-0.3, -0.25) is 4.79 Å². The zero-order valence-corrected chi connectivity index (χ0v) is 10.5. The third kappa shape index (κ3) is 2.04. The zero-order valence-electron chi connectivity index (χ0n) is 10.5. The number of hydrogen-bond acceptors (Lipinski definition) is 4. The lowest BCUT2D eigenvalue weighted by Gasteiger charge is -2.13. The molecule has 0 spiro atoms. The minimum Gasteiger partial charge on any atom is -0.493 e. The van der Waals surface area contributed by atoms with Crippen LogP contribution in [0.25, 0.3) is 10.9 Å². The lowest BCUT2D eigenvalue weighted by molar-refractivity contribution is 0.355. The molecule has 5 nitrogen and oxygen atoms in total. The lowest BCUT2D eigenvalue weighted by atomic mass is 10.2. The van der Waals surface area contributed by atoms with Gasteiger partial charge in [-0.25, -0.2) is 0 Å². The molecule has 0 aliphatic heterocycles. The maximum Gasteiger partial charge on any atom is 0.189 e. The minimum atomic E-state index is -0.0424. The number of methoxy groups -OCH3 is 2. The summed E-state index contributed by atoms with van der Waals surface area (Å²) in [5, 5.41) is 0.601. The number of pyridine rings is 1. The largest absolute Gasteiger partial charge is 0.493 e. The molecule has 2 rings (SSSR count). The number of nitrogens with two attached hydrogens (primary N) is 1. The third-order valence-electron chi connectivity index (χ3n) is 2.85. The standard InChI is InChI=1S/C13H16N2O3/c1-17-12-7-9-10(8-13(12)18-2)15(6-4-14)5-3-11(9)16/h3,5,7-8H,4,6,14H2,1-2H3. The number of nitrogens with zero attached hydrogens (tertiary/aromatic N) is 1. The van der Waals surface area contributed by atoms with Gasteiger partial charge >= 0.3 is 0 Å². The summed E-state index contributed by atoms with van der Waals surface area (Å²) < 4.78 is 12.4. The van der Waals surface area contributed by atoms with Crippen molar-refractivity contribution in [3.05, 3.63) is 34.6 Å². The van der Waals surface area contributed by atoms with Gasteiger partial charge in [0.2, 0.25) is 0 Å². The first kappa shape index (κ1) is 12.4. The van der Waals surface area contributed by atoms with Gasteiger partial charge in [0, 0.05) is 36.8 Å². The van der Waals surface area contributed by atoms with Crippen LogP contribution in [0, 0.1) is 0 Å². The van der Waals surface area contributed by atoms with Crippen LogP contribution in [0.5, 0.6) is 11.5 Å². The summed E-state index contributed by atoms with van der Waals surface area (Å²) in [4.78, 5) is 11.9. The average molecular weight is 248 g/mol. The molecule has 0 saturated heterocycles. The molecular weight excluding hydrogens is 232 g/mol. The van der Waals surface area contributed by atoms with Crippen LogP contribution in [0.15, 0.2) is 29.2 Å². The Kier molecular flexibility index (Phi) is 3.53. The molecule has 0 fully saturated rings. The molecule has 0 radical (unpaired) electrons. The minimum absolute atomic E-state index is 0.0424. The van der Waals surface area contributed by atoms with Crippen LogP contribution in [0.1, 0.15) is 0 Å². The Morgan fingerprint density at radius 3 is 2.50 bits per heavy atom. The normalized spacial score (nSPS) is 10.6. The number of ether oxygens (including phenoxy) is 2. The van der Waals surface area contributed by atoms with Crippen LogP contribution in [0.4, 0.5) is 0 Å². The fourth-order valence-electron chi connectivity index (χ4n) is 1.97. The third-order valence-corrected chi connectivity index (χ3v) is 2.85. The van der Waals surface area contributed by atoms with Gasteiger partial charge < -0.3 is 19.8 Å². The molecule has 0 atom stereocenters. The van der Waals surface area contributed by atoms with Crippen LogP contribution in [0.3, 0.4) is 0 Å². The molecule has 2 N–H and O–H groups in total. The van der Waals surface area contributed by atoms with Gasteiger partial charge in [-0.05, 0) is 6.07 Å². The number of aromatic nitrogens is 1. The second kappa shape index (κ2) is 5.10. The van der Waals surface area contributed by atoms with E-state index in [1.165, 1.54) is 6.07 Å². The van der Waals surface area contributed by atoms with E-state index in [-0.39, 0.29) is 5.43 Å². The predicted molar refractivity (Wildman–Crippen MR) is 70.4 cm³/mol. The molecule has 2 aromatic rings. The van der Waals surface area contributed by atoms with E-state index in [9.17, 15) is 4.79 Å². The number of hydrogen-bond donors (Lipinski definition) is 1. The maximum absolute atomic E-state index is 11.9. The fourth-order valence-corrected chi connectivity index (χ4v) is 1.97. The predicted octanol–water partition coefficient (Wildman–Crippen LogP) is 0.977. The van der Waals surface area contributed by atoms with Crippen molar-refractivity contribution < 1.29 is 9.47 Å². The molecule has 0 aliphatic carbocycles. The highest BCUT2D eigenvalue weighted by Gasteiger charge is 2.10. The van der Waals surface area contributed by atoms with Crippen LogP contribution < -0.4 is 20.6 Å². The molecular formula is C13H16N2O3. The number of fused-ring (bicyclic) bond motifs is 1. The Morgan fingerprint density at radius 2 is 1.89 bits per heavy atom. The van der Waals surface area contributed by atoms with E-state index in [0.29, 0.717) is 30.0 Å². The van der Waals surface area contributed by atoms with Crippen LogP contribution in [-0.2, 0) is 6.54 Å². The molecule has 96 valence electrons. The number of benzene rings is 1. The van der Waals surface area contributed by atoms with Crippen molar-refractivity contribution >= 4 is 10.9 Å². The summed E-state index contributed by atoms with van der Waals surface area (Å²) in [6.07, 6.45) is 1.74. The molecule has 18 heavy (non-hydrogen) atoms.